The predicted molar refractivity (Wildman–Crippen MR) is 76.3 cm³/mol. The van der Waals surface area contributed by atoms with E-state index in [1.54, 1.807) is 11.3 Å². The molecule has 0 saturated carbocycles. The van der Waals surface area contributed by atoms with Crippen molar-refractivity contribution in [3.05, 3.63) is 22.4 Å². The maximum atomic E-state index is 11.0. The SMILES string of the molecule is CCC[C@H](NC[C@@H](O)[C@@H](N)Cc1cccs1)C(=O)O. The van der Waals surface area contributed by atoms with Gasteiger partial charge in [0.05, 0.1) is 6.10 Å². The lowest BCUT2D eigenvalue weighted by molar-refractivity contribution is -0.139. The van der Waals surface area contributed by atoms with E-state index >= 15 is 0 Å². The van der Waals surface area contributed by atoms with Crippen molar-refractivity contribution in [3.63, 3.8) is 0 Å². The molecule has 0 aliphatic rings. The van der Waals surface area contributed by atoms with Gasteiger partial charge in [-0.1, -0.05) is 19.4 Å². The second kappa shape index (κ2) is 8.27. The van der Waals surface area contributed by atoms with Crippen LogP contribution in [0.1, 0.15) is 24.6 Å². The molecule has 0 radical (unpaired) electrons. The van der Waals surface area contributed by atoms with E-state index in [-0.39, 0.29) is 12.6 Å². The normalized spacial score (nSPS) is 15.9. The smallest absolute Gasteiger partial charge is 0.320 e. The Morgan fingerprint density at radius 3 is 2.84 bits per heavy atom. The molecule has 19 heavy (non-hydrogen) atoms. The highest BCUT2D eigenvalue weighted by Gasteiger charge is 2.20. The predicted octanol–water partition coefficient (Wildman–Crippen LogP) is 0.822. The fourth-order valence-electron chi connectivity index (χ4n) is 1.81. The fourth-order valence-corrected chi connectivity index (χ4v) is 2.59. The van der Waals surface area contributed by atoms with Gasteiger partial charge in [0.1, 0.15) is 6.04 Å². The third-order valence-corrected chi connectivity index (χ3v) is 3.86. The molecule has 1 aromatic heterocycles. The summed E-state index contributed by atoms with van der Waals surface area (Å²) in [5, 5.41) is 23.8. The number of thiophene rings is 1. The summed E-state index contributed by atoms with van der Waals surface area (Å²) >= 11 is 1.60. The summed E-state index contributed by atoms with van der Waals surface area (Å²) in [7, 11) is 0. The Hall–Kier alpha value is -0.950. The van der Waals surface area contributed by atoms with Crippen molar-refractivity contribution >= 4 is 17.3 Å². The molecule has 1 rings (SSSR count). The Labute approximate surface area is 117 Å². The molecule has 5 N–H and O–H groups in total. The molecule has 0 aliphatic carbocycles. The zero-order valence-corrected chi connectivity index (χ0v) is 11.9. The molecule has 0 bridgehead atoms. The molecule has 5 nitrogen and oxygen atoms in total. The van der Waals surface area contributed by atoms with Gasteiger partial charge in [-0.2, -0.15) is 0 Å². The maximum Gasteiger partial charge on any atom is 0.320 e. The first-order chi connectivity index (χ1) is 9.04. The quantitative estimate of drug-likeness (QED) is 0.539. The Kier molecular flexibility index (Phi) is 7.01. The van der Waals surface area contributed by atoms with Crippen molar-refractivity contribution in [3.8, 4) is 0 Å². The zero-order valence-electron chi connectivity index (χ0n) is 11.1. The van der Waals surface area contributed by atoms with Gasteiger partial charge in [-0.25, -0.2) is 0 Å². The zero-order chi connectivity index (χ0) is 14.3. The topological polar surface area (TPSA) is 95.6 Å². The fraction of sp³-hybridized carbons (Fsp3) is 0.615. The third-order valence-electron chi connectivity index (χ3n) is 2.96. The van der Waals surface area contributed by atoms with Crippen LogP contribution in [-0.4, -0.2) is 40.9 Å². The van der Waals surface area contributed by atoms with Gasteiger partial charge in [0.2, 0.25) is 0 Å². The largest absolute Gasteiger partial charge is 0.480 e. The molecule has 3 atom stereocenters. The van der Waals surface area contributed by atoms with Gasteiger partial charge in [-0.15, -0.1) is 11.3 Å². The maximum absolute atomic E-state index is 11.0. The number of nitrogens with one attached hydrogen (secondary N) is 1. The Bertz CT molecular complexity index is 370. The number of carboxylic acid groups (broad SMARTS) is 1. The minimum absolute atomic E-state index is 0.198. The molecule has 0 fully saturated rings. The van der Waals surface area contributed by atoms with Crippen molar-refractivity contribution in [2.75, 3.05) is 6.54 Å². The van der Waals surface area contributed by atoms with Crippen LogP contribution in [0.3, 0.4) is 0 Å². The van der Waals surface area contributed by atoms with Crippen LogP contribution in [0.2, 0.25) is 0 Å². The first-order valence-electron chi connectivity index (χ1n) is 6.46. The summed E-state index contributed by atoms with van der Waals surface area (Å²) in [6, 6.07) is 2.91. The molecule has 0 amide bonds. The first kappa shape index (κ1) is 16.1. The van der Waals surface area contributed by atoms with Crippen molar-refractivity contribution < 1.29 is 15.0 Å². The second-order valence-electron chi connectivity index (χ2n) is 4.60. The molecule has 1 aromatic rings. The average Bonchev–Trinajstić information content (AvgIpc) is 2.86. The Morgan fingerprint density at radius 2 is 2.32 bits per heavy atom. The molecule has 0 aromatic carbocycles. The van der Waals surface area contributed by atoms with E-state index in [0.717, 1.165) is 11.3 Å². The number of carbonyl (C=O) groups is 1. The average molecular weight is 286 g/mol. The molecule has 0 saturated heterocycles. The van der Waals surface area contributed by atoms with Crippen LogP contribution in [0.25, 0.3) is 0 Å². The Morgan fingerprint density at radius 1 is 1.58 bits per heavy atom. The van der Waals surface area contributed by atoms with Gasteiger partial charge < -0.3 is 21.3 Å². The highest BCUT2D eigenvalue weighted by molar-refractivity contribution is 7.09. The van der Waals surface area contributed by atoms with Gasteiger partial charge >= 0.3 is 5.97 Å². The summed E-state index contributed by atoms with van der Waals surface area (Å²) in [6.45, 7) is 2.13. The highest BCUT2D eigenvalue weighted by atomic mass is 32.1. The Balaban J connectivity index is 2.36. The van der Waals surface area contributed by atoms with Gasteiger partial charge in [-0.05, 0) is 24.3 Å². The number of carboxylic acids is 1. The van der Waals surface area contributed by atoms with Crippen LogP contribution >= 0.6 is 11.3 Å². The van der Waals surface area contributed by atoms with E-state index < -0.39 is 18.1 Å². The number of hydrogen-bond acceptors (Lipinski definition) is 5. The molecule has 0 aliphatic heterocycles. The van der Waals surface area contributed by atoms with Crippen molar-refractivity contribution in [2.24, 2.45) is 5.73 Å². The van der Waals surface area contributed by atoms with Crippen LogP contribution in [0.15, 0.2) is 17.5 Å². The summed E-state index contributed by atoms with van der Waals surface area (Å²) in [5.41, 5.74) is 5.91. The number of aliphatic hydroxyl groups is 1. The summed E-state index contributed by atoms with van der Waals surface area (Å²) in [4.78, 5) is 12.1. The van der Waals surface area contributed by atoms with Crippen LogP contribution in [-0.2, 0) is 11.2 Å². The lowest BCUT2D eigenvalue weighted by Crippen LogP contribution is -2.47. The first-order valence-corrected chi connectivity index (χ1v) is 7.34. The van der Waals surface area contributed by atoms with Crippen LogP contribution in [0, 0.1) is 0 Å². The van der Waals surface area contributed by atoms with Gasteiger partial charge in [0, 0.05) is 17.5 Å². The molecule has 6 heteroatoms. The molecular formula is C13H22N2O3S. The van der Waals surface area contributed by atoms with Crippen LogP contribution in [0.4, 0.5) is 0 Å². The van der Waals surface area contributed by atoms with E-state index in [0.29, 0.717) is 12.8 Å². The van der Waals surface area contributed by atoms with E-state index in [1.165, 1.54) is 0 Å². The van der Waals surface area contributed by atoms with Crippen molar-refractivity contribution in [2.45, 2.75) is 44.4 Å². The van der Waals surface area contributed by atoms with E-state index in [9.17, 15) is 9.90 Å². The number of aliphatic hydroxyl groups excluding tert-OH is 1. The number of hydrogen-bond donors (Lipinski definition) is 4. The van der Waals surface area contributed by atoms with E-state index in [4.69, 9.17) is 10.8 Å². The number of rotatable bonds is 9. The molecular weight excluding hydrogens is 264 g/mol. The second-order valence-corrected chi connectivity index (χ2v) is 5.63. The van der Waals surface area contributed by atoms with Gasteiger partial charge in [-0.3, -0.25) is 4.79 Å². The number of nitrogens with two attached hydrogens (primary N) is 1. The van der Waals surface area contributed by atoms with E-state index in [1.807, 2.05) is 24.4 Å². The highest BCUT2D eigenvalue weighted by Crippen LogP contribution is 2.11. The van der Waals surface area contributed by atoms with E-state index in [2.05, 4.69) is 5.32 Å². The standard InChI is InChI=1S/C13H22N2O3S/c1-2-4-11(13(17)18)15-8-12(16)10(14)7-9-5-3-6-19-9/h3,5-6,10-12,15-16H,2,4,7-8,14H2,1H3,(H,17,18)/t10-,11-,12+/m0/s1. The summed E-state index contributed by atoms with van der Waals surface area (Å²) in [5.74, 6) is -0.888. The molecule has 0 spiro atoms. The minimum atomic E-state index is -0.888. The number of aliphatic carboxylic acids is 1. The lowest BCUT2D eigenvalue weighted by Gasteiger charge is -2.21. The van der Waals surface area contributed by atoms with Crippen molar-refractivity contribution in [1.82, 2.24) is 5.32 Å². The van der Waals surface area contributed by atoms with Crippen LogP contribution < -0.4 is 11.1 Å². The third kappa shape index (κ3) is 5.69. The molecule has 0 unspecified atom stereocenters. The van der Waals surface area contributed by atoms with Crippen LogP contribution in [0.5, 0.6) is 0 Å². The summed E-state index contributed by atoms with van der Waals surface area (Å²) in [6.07, 6.45) is 1.18. The molecule has 1 heterocycles. The summed E-state index contributed by atoms with van der Waals surface area (Å²) < 4.78 is 0. The van der Waals surface area contributed by atoms with Crippen molar-refractivity contribution in [1.29, 1.82) is 0 Å². The minimum Gasteiger partial charge on any atom is -0.480 e. The monoisotopic (exact) mass is 286 g/mol. The van der Waals surface area contributed by atoms with Gasteiger partial charge in [0.25, 0.3) is 0 Å². The molecule has 108 valence electrons. The lowest BCUT2D eigenvalue weighted by atomic mass is 10.1. The van der Waals surface area contributed by atoms with Gasteiger partial charge in [0.15, 0.2) is 0 Å².